The average Bonchev–Trinajstić information content (AvgIpc) is 3.47. The normalized spacial score (nSPS) is 33.2. The molecular weight excluding hydrogens is 689 g/mol. The van der Waals surface area contributed by atoms with E-state index in [-0.39, 0.29) is 36.6 Å². The highest BCUT2D eigenvalue weighted by Crippen LogP contribution is 2.68. The van der Waals surface area contributed by atoms with E-state index < -0.39 is 34.8 Å². The van der Waals surface area contributed by atoms with Gasteiger partial charge in [-0.1, -0.05) is 168 Å². The number of esters is 1. The number of carbonyl (C=O) groups is 2. The fourth-order valence-electron chi connectivity index (χ4n) is 10.9. The van der Waals surface area contributed by atoms with E-state index in [9.17, 15) is 14.7 Å². The Hall–Kier alpha value is -1.80. The Labute approximate surface area is 334 Å². The van der Waals surface area contributed by atoms with Crippen molar-refractivity contribution in [1.29, 1.82) is 0 Å². The highest BCUT2D eigenvalue weighted by Gasteiger charge is 2.79. The van der Waals surface area contributed by atoms with E-state index in [1.54, 1.807) is 6.92 Å². The summed E-state index contributed by atoms with van der Waals surface area (Å²) < 4.78 is 27.1. The van der Waals surface area contributed by atoms with Gasteiger partial charge in [-0.3, -0.25) is 9.59 Å². The summed E-state index contributed by atoms with van der Waals surface area (Å²) in [5, 5.41) is 12.5. The second-order valence-electron chi connectivity index (χ2n) is 18.4. The molecule has 7 heteroatoms. The first-order valence-electron chi connectivity index (χ1n) is 23.0. The van der Waals surface area contributed by atoms with Crippen molar-refractivity contribution in [2.45, 2.75) is 230 Å². The zero-order chi connectivity index (χ0) is 39.5. The molecule has 1 N–H and O–H groups in total. The van der Waals surface area contributed by atoms with E-state index >= 15 is 0 Å². The van der Waals surface area contributed by atoms with Gasteiger partial charge in [0.05, 0.1) is 5.60 Å². The minimum Gasteiger partial charge on any atom is -0.461 e. The van der Waals surface area contributed by atoms with Gasteiger partial charge in [0, 0.05) is 31.1 Å². The summed E-state index contributed by atoms with van der Waals surface area (Å²) in [6.45, 7) is 15.0. The molecule has 2 heterocycles. The minimum absolute atomic E-state index is 0.0384. The molecular formula is C48H78O7. The number of unbranched alkanes of at least 4 members (excludes halogenated alkanes) is 20. The van der Waals surface area contributed by atoms with Crippen LogP contribution in [0.4, 0.5) is 0 Å². The van der Waals surface area contributed by atoms with E-state index in [1.165, 1.54) is 109 Å². The van der Waals surface area contributed by atoms with Crippen LogP contribution in [-0.4, -0.2) is 52.3 Å². The molecule has 2 aliphatic heterocycles. The lowest BCUT2D eigenvalue weighted by atomic mass is 9.55. The third-order valence-corrected chi connectivity index (χ3v) is 14.0. The monoisotopic (exact) mass is 767 g/mol. The van der Waals surface area contributed by atoms with Crippen molar-refractivity contribution in [2.75, 3.05) is 6.61 Å². The highest BCUT2D eigenvalue weighted by molar-refractivity contribution is 6.04. The molecule has 1 saturated carbocycles. The van der Waals surface area contributed by atoms with Crippen molar-refractivity contribution >= 4 is 11.8 Å². The van der Waals surface area contributed by atoms with E-state index in [1.807, 2.05) is 13.0 Å². The van der Waals surface area contributed by atoms with Crippen LogP contribution in [0.3, 0.4) is 0 Å². The summed E-state index contributed by atoms with van der Waals surface area (Å²) in [7, 11) is 0. The van der Waals surface area contributed by atoms with Crippen molar-refractivity contribution in [3.05, 3.63) is 35.5 Å². The Morgan fingerprint density at radius 1 is 0.818 bits per heavy atom. The van der Waals surface area contributed by atoms with Crippen LogP contribution in [0.1, 0.15) is 202 Å². The number of hydrogen-bond acceptors (Lipinski definition) is 7. The summed E-state index contributed by atoms with van der Waals surface area (Å²) in [5.41, 5.74) is -1.17. The summed E-state index contributed by atoms with van der Waals surface area (Å²) in [6.07, 6.45) is 32.5. The van der Waals surface area contributed by atoms with Gasteiger partial charge in [0.15, 0.2) is 5.78 Å². The molecule has 3 fully saturated rings. The van der Waals surface area contributed by atoms with E-state index in [0.29, 0.717) is 24.8 Å². The van der Waals surface area contributed by atoms with Crippen LogP contribution < -0.4 is 0 Å². The Bertz CT molecular complexity index is 1350. The number of hydrogen-bond donors (Lipinski definition) is 1. The molecule has 0 aromatic heterocycles. The van der Waals surface area contributed by atoms with Crippen molar-refractivity contribution < 1.29 is 33.6 Å². The number of aliphatic hydroxyl groups is 1. The molecule has 2 saturated heterocycles. The number of ether oxygens (including phenoxy) is 4. The second-order valence-corrected chi connectivity index (χ2v) is 18.4. The number of Topliss-reactive ketones (excluding diaryl/α,β-unsaturated/α-hetero) is 1. The van der Waals surface area contributed by atoms with Gasteiger partial charge < -0.3 is 24.1 Å². The molecule has 7 nitrogen and oxygen atoms in total. The zero-order valence-electron chi connectivity index (χ0n) is 35.7. The van der Waals surface area contributed by atoms with Crippen LogP contribution in [0, 0.1) is 17.8 Å². The summed E-state index contributed by atoms with van der Waals surface area (Å²) in [6, 6.07) is 0. The number of rotatable bonds is 27. The van der Waals surface area contributed by atoms with Crippen molar-refractivity contribution in [3.8, 4) is 0 Å². The van der Waals surface area contributed by atoms with E-state index in [0.717, 1.165) is 43.3 Å². The molecule has 0 aromatic rings. The van der Waals surface area contributed by atoms with Crippen LogP contribution in [0.25, 0.3) is 0 Å². The Morgan fingerprint density at radius 3 is 1.89 bits per heavy atom. The minimum atomic E-state index is -1.70. The predicted molar refractivity (Wildman–Crippen MR) is 220 cm³/mol. The SMILES string of the molecule is C=C(C)[C@]12C[C@@H](C)[C@@]34O[C@](CCCCCCCCCCCCC)(O[C@@H]1[C@@H]3C=C(COC(=O)CCCCCCCCCCCCC)C[C@]1(O)C(=O)C(C)=C[C@@H]41)O2. The molecule has 0 unspecified atom stereocenters. The Kier molecular flexibility index (Phi) is 16.3. The largest absolute Gasteiger partial charge is 0.461 e. The lowest BCUT2D eigenvalue weighted by molar-refractivity contribution is -0.424. The van der Waals surface area contributed by atoms with Gasteiger partial charge in [0.25, 0.3) is 5.97 Å². The zero-order valence-corrected chi connectivity index (χ0v) is 35.7. The molecule has 5 aliphatic rings. The number of ketones is 1. The van der Waals surface area contributed by atoms with Crippen LogP contribution in [0.2, 0.25) is 0 Å². The molecule has 8 atom stereocenters. The average molecular weight is 767 g/mol. The van der Waals surface area contributed by atoms with Gasteiger partial charge in [0.2, 0.25) is 0 Å². The third kappa shape index (κ3) is 9.91. The van der Waals surface area contributed by atoms with Crippen LogP contribution >= 0.6 is 0 Å². The molecule has 55 heavy (non-hydrogen) atoms. The van der Waals surface area contributed by atoms with Gasteiger partial charge in [-0.2, -0.15) is 0 Å². The standard InChI is InChI=1S/C48H78O7/c1-7-9-11-13-15-17-19-21-23-25-27-29-42(49)52-35-39-32-40-44-46(36(3)4)33-38(6)48(40,41-31-37(5)43(50)45(41,51)34-39)55-47(53-44,54-46)30-28-26-24-22-20-18-16-14-12-10-8-2/h31-32,38,40-41,44,51H,3,7-30,33-35H2,1-2,4-6H3/t38-,40+,41-,44-,45-,46-,47-,48-/m1/s1. The van der Waals surface area contributed by atoms with Crippen molar-refractivity contribution in [1.82, 2.24) is 0 Å². The molecule has 0 amide bonds. The molecule has 0 aromatic carbocycles. The molecule has 0 radical (unpaired) electrons. The summed E-state index contributed by atoms with van der Waals surface area (Å²) in [4.78, 5) is 26.9. The van der Waals surface area contributed by atoms with Crippen LogP contribution in [0.5, 0.6) is 0 Å². The Balaban J connectivity index is 1.22. The third-order valence-electron chi connectivity index (χ3n) is 14.0. The maximum absolute atomic E-state index is 13.9. The van der Waals surface area contributed by atoms with Gasteiger partial charge in [0.1, 0.15) is 23.9 Å². The first kappa shape index (κ1) is 44.3. The van der Waals surface area contributed by atoms with Gasteiger partial charge in [-0.15, -0.1) is 0 Å². The highest BCUT2D eigenvalue weighted by atomic mass is 16.9. The fourth-order valence-corrected chi connectivity index (χ4v) is 10.9. The molecule has 0 spiro atoms. The predicted octanol–water partition coefficient (Wildman–Crippen LogP) is 11.9. The molecule has 3 bridgehead atoms. The maximum Gasteiger partial charge on any atom is 0.306 e. The molecule has 3 aliphatic carbocycles. The van der Waals surface area contributed by atoms with Gasteiger partial charge >= 0.3 is 5.97 Å². The van der Waals surface area contributed by atoms with Gasteiger partial charge in [-0.05, 0) is 55.7 Å². The van der Waals surface area contributed by atoms with E-state index in [2.05, 4.69) is 33.4 Å². The molecule has 312 valence electrons. The van der Waals surface area contributed by atoms with Gasteiger partial charge in [-0.25, -0.2) is 0 Å². The number of fused-ring (bicyclic) bond motifs is 2. The lowest BCUT2D eigenvalue weighted by Crippen LogP contribution is -2.70. The van der Waals surface area contributed by atoms with Crippen molar-refractivity contribution in [2.24, 2.45) is 17.8 Å². The Morgan fingerprint density at radius 2 is 1.35 bits per heavy atom. The second kappa shape index (κ2) is 20.3. The fraction of sp³-hybridized carbons (Fsp3) is 0.833. The first-order valence-corrected chi connectivity index (χ1v) is 23.0. The first-order chi connectivity index (χ1) is 26.5. The molecule has 5 rings (SSSR count). The smallest absolute Gasteiger partial charge is 0.306 e. The van der Waals surface area contributed by atoms with Crippen molar-refractivity contribution in [3.63, 3.8) is 0 Å². The quantitative estimate of drug-likeness (QED) is 0.0505. The van der Waals surface area contributed by atoms with Crippen LogP contribution in [-0.2, 0) is 28.5 Å². The topological polar surface area (TPSA) is 91.3 Å². The summed E-state index contributed by atoms with van der Waals surface area (Å²) >= 11 is 0. The van der Waals surface area contributed by atoms with E-state index in [4.69, 9.17) is 18.9 Å². The number of carbonyl (C=O) groups excluding carboxylic acids is 2. The lowest BCUT2D eigenvalue weighted by Gasteiger charge is -2.59. The maximum atomic E-state index is 13.9. The summed E-state index contributed by atoms with van der Waals surface area (Å²) in [5.74, 6) is -2.74. The van der Waals surface area contributed by atoms with Crippen LogP contribution in [0.15, 0.2) is 35.5 Å².